The van der Waals surface area contributed by atoms with Crippen molar-refractivity contribution >= 4 is 10.0 Å². The Morgan fingerprint density at radius 2 is 2.25 bits per heavy atom. The van der Waals surface area contributed by atoms with Crippen LogP contribution in [-0.2, 0) is 19.5 Å². The fourth-order valence-corrected chi connectivity index (χ4v) is 3.00. The minimum absolute atomic E-state index is 0.132. The van der Waals surface area contributed by atoms with Crippen molar-refractivity contribution in [2.45, 2.75) is 24.0 Å². The summed E-state index contributed by atoms with van der Waals surface area (Å²) in [5, 5.41) is 9.50. The Kier molecular flexibility index (Phi) is 5.11. The average molecular weight is 301 g/mol. The lowest BCUT2D eigenvalue weighted by atomic mass is 10.1. The number of hydrogen-bond donors (Lipinski definition) is 2. The Labute approximate surface area is 118 Å². The summed E-state index contributed by atoms with van der Waals surface area (Å²) >= 11 is 0. The van der Waals surface area contributed by atoms with Crippen LogP contribution < -0.4 is 4.72 Å². The van der Waals surface area contributed by atoms with Gasteiger partial charge in [0.1, 0.15) is 0 Å². The first-order valence-corrected chi connectivity index (χ1v) is 7.94. The highest BCUT2D eigenvalue weighted by molar-refractivity contribution is 7.89. The molecule has 112 valence electrons. The molecule has 0 bridgehead atoms. The second-order valence-corrected chi connectivity index (χ2v) is 6.44. The Morgan fingerprint density at radius 1 is 1.45 bits per heavy atom. The molecule has 1 saturated heterocycles. The van der Waals surface area contributed by atoms with E-state index in [2.05, 4.69) is 4.72 Å². The van der Waals surface area contributed by atoms with Crippen LogP contribution in [0.2, 0.25) is 0 Å². The van der Waals surface area contributed by atoms with Gasteiger partial charge in [0.25, 0.3) is 0 Å². The zero-order valence-corrected chi connectivity index (χ0v) is 12.1. The van der Waals surface area contributed by atoms with Gasteiger partial charge in [-0.25, -0.2) is 13.1 Å². The van der Waals surface area contributed by atoms with E-state index in [1.54, 1.807) is 19.1 Å². The minimum Gasteiger partial charge on any atom is -0.389 e. The number of aliphatic hydroxyl groups is 1. The molecule has 2 rings (SSSR count). The van der Waals surface area contributed by atoms with E-state index < -0.39 is 16.1 Å². The maximum absolute atomic E-state index is 12.2. The Hall–Kier alpha value is -0.990. The van der Waals surface area contributed by atoms with Gasteiger partial charge < -0.3 is 14.6 Å². The van der Waals surface area contributed by atoms with Gasteiger partial charge in [-0.15, -0.1) is 0 Å². The van der Waals surface area contributed by atoms with Gasteiger partial charge in [0.15, 0.2) is 0 Å². The lowest BCUT2D eigenvalue weighted by molar-refractivity contribution is -0.0846. The topological polar surface area (TPSA) is 84.9 Å². The average Bonchev–Trinajstić information content (AvgIpc) is 2.46. The largest absolute Gasteiger partial charge is 0.389 e. The maximum atomic E-state index is 12.2. The number of benzene rings is 1. The first-order valence-electron chi connectivity index (χ1n) is 6.46. The summed E-state index contributed by atoms with van der Waals surface area (Å²) in [7, 11) is -3.61. The molecule has 20 heavy (non-hydrogen) atoms. The monoisotopic (exact) mass is 301 g/mol. The summed E-state index contributed by atoms with van der Waals surface area (Å²) in [6.07, 6.45) is -0.973. The molecule has 0 aromatic heterocycles. The molecule has 1 aromatic carbocycles. The van der Waals surface area contributed by atoms with Crippen molar-refractivity contribution < 1.29 is 23.0 Å². The van der Waals surface area contributed by atoms with Crippen LogP contribution in [0.4, 0.5) is 0 Å². The molecule has 0 radical (unpaired) electrons. The quantitative estimate of drug-likeness (QED) is 0.824. The van der Waals surface area contributed by atoms with Gasteiger partial charge in [-0.3, -0.25) is 0 Å². The number of hydrogen-bond acceptors (Lipinski definition) is 5. The molecule has 0 saturated carbocycles. The van der Waals surface area contributed by atoms with Crippen molar-refractivity contribution in [3.63, 3.8) is 0 Å². The maximum Gasteiger partial charge on any atom is 0.240 e. The standard InChI is InChI=1S/C13H19NO5S/c1-10(15)11-3-2-4-13(7-11)20(16,17)14-8-12-9-18-5-6-19-12/h2-4,7,10,12,14-15H,5-6,8-9H2,1H3. The smallest absolute Gasteiger partial charge is 0.240 e. The molecular formula is C13H19NO5S. The Bertz CT molecular complexity index is 537. The summed E-state index contributed by atoms with van der Waals surface area (Å²) < 4.78 is 37.4. The highest BCUT2D eigenvalue weighted by Gasteiger charge is 2.20. The molecule has 1 aromatic rings. The number of aliphatic hydroxyl groups excluding tert-OH is 1. The van der Waals surface area contributed by atoms with Gasteiger partial charge in [0.2, 0.25) is 10.0 Å². The van der Waals surface area contributed by atoms with Crippen molar-refractivity contribution in [1.82, 2.24) is 4.72 Å². The predicted molar refractivity (Wildman–Crippen MR) is 72.8 cm³/mol. The molecule has 2 unspecified atom stereocenters. The van der Waals surface area contributed by atoms with Crippen LogP contribution in [0, 0.1) is 0 Å². The van der Waals surface area contributed by atoms with Gasteiger partial charge in [0.05, 0.1) is 36.9 Å². The van der Waals surface area contributed by atoms with Crippen LogP contribution >= 0.6 is 0 Å². The molecule has 6 nitrogen and oxygen atoms in total. The Morgan fingerprint density at radius 3 is 2.90 bits per heavy atom. The highest BCUT2D eigenvalue weighted by Crippen LogP contribution is 2.17. The van der Waals surface area contributed by atoms with Gasteiger partial charge in [-0.1, -0.05) is 12.1 Å². The number of rotatable bonds is 5. The molecule has 0 spiro atoms. The third-order valence-electron chi connectivity index (χ3n) is 3.04. The fraction of sp³-hybridized carbons (Fsp3) is 0.538. The van der Waals surface area contributed by atoms with E-state index in [1.165, 1.54) is 12.1 Å². The Balaban J connectivity index is 2.03. The summed E-state index contributed by atoms with van der Waals surface area (Å²) in [5.41, 5.74) is 0.560. The second-order valence-electron chi connectivity index (χ2n) is 4.67. The van der Waals surface area contributed by atoms with Crippen molar-refractivity contribution in [2.24, 2.45) is 0 Å². The number of ether oxygens (including phenoxy) is 2. The van der Waals surface area contributed by atoms with Crippen LogP contribution in [0.1, 0.15) is 18.6 Å². The predicted octanol–water partition coefficient (Wildman–Crippen LogP) is 0.434. The summed E-state index contributed by atoms with van der Waals surface area (Å²) in [5.74, 6) is 0. The van der Waals surface area contributed by atoms with Gasteiger partial charge in [-0.2, -0.15) is 0 Å². The molecule has 1 aliphatic rings. The van der Waals surface area contributed by atoms with Crippen LogP contribution in [0.25, 0.3) is 0 Å². The first-order chi connectivity index (χ1) is 9.49. The molecule has 2 N–H and O–H groups in total. The lowest BCUT2D eigenvalue weighted by Crippen LogP contribution is -2.39. The van der Waals surface area contributed by atoms with Crippen molar-refractivity contribution in [3.05, 3.63) is 29.8 Å². The fourth-order valence-electron chi connectivity index (χ4n) is 1.88. The molecular weight excluding hydrogens is 282 g/mol. The number of sulfonamides is 1. The zero-order valence-electron chi connectivity index (χ0n) is 11.3. The molecule has 2 atom stereocenters. The molecule has 0 amide bonds. The molecule has 0 aliphatic carbocycles. The van der Waals surface area contributed by atoms with E-state index in [1.807, 2.05) is 0 Å². The molecule has 1 aliphatic heterocycles. The van der Waals surface area contributed by atoms with Crippen LogP contribution in [0.5, 0.6) is 0 Å². The summed E-state index contributed by atoms with van der Waals surface area (Å²) in [6, 6.07) is 6.25. The van der Waals surface area contributed by atoms with E-state index in [0.29, 0.717) is 25.4 Å². The first kappa shape index (κ1) is 15.4. The van der Waals surface area contributed by atoms with Crippen LogP contribution in [-0.4, -0.2) is 46.0 Å². The van der Waals surface area contributed by atoms with E-state index in [4.69, 9.17) is 9.47 Å². The van der Waals surface area contributed by atoms with Crippen LogP contribution in [0.3, 0.4) is 0 Å². The van der Waals surface area contributed by atoms with Crippen LogP contribution in [0.15, 0.2) is 29.2 Å². The highest BCUT2D eigenvalue weighted by atomic mass is 32.2. The third-order valence-corrected chi connectivity index (χ3v) is 4.46. The minimum atomic E-state index is -3.61. The van der Waals surface area contributed by atoms with Crippen molar-refractivity contribution in [1.29, 1.82) is 0 Å². The van der Waals surface area contributed by atoms with Crippen molar-refractivity contribution in [3.8, 4) is 0 Å². The van der Waals surface area contributed by atoms with Gasteiger partial charge in [-0.05, 0) is 24.6 Å². The summed E-state index contributed by atoms with van der Waals surface area (Å²) in [6.45, 7) is 3.16. The summed E-state index contributed by atoms with van der Waals surface area (Å²) in [4.78, 5) is 0.132. The SMILES string of the molecule is CC(O)c1cccc(S(=O)(=O)NCC2COCCO2)c1. The van der Waals surface area contributed by atoms with E-state index in [-0.39, 0.29) is 17.5 Å². The normalized spacial score (nSPS) is 21.6. The lowest BCUT2D eigenvalue weighted by Gasteiger charge is -2.23. The number of nitrogens with one attached hydrogen (secondary N) is 1. The van der Waals surface area contributed by atoms with E-state index in [9.17, 15) is 13.5 Å². The van der Waals surface area contributed by atoms with Crippen molar-refractivity contribution in [2.75, 3.05) is 26.4 Å². The zero-order chi connectivity index (χ0) is 14.6. The second kappa shape index (κ2) is 6.64. The van der Waals surface area contributed by atoms with Gasteiger partial charge >= 0.3 is 0 Å². The molecule has 1 fully saturated rings. The van der Waals surface area contributed by atoms with E-state index >= 15 is 0 Å². The molecule has 7 heteroatoms. The van der Waals surface area contributed by atoms with Gasteiger partial charge in [0, 0.05) is 6.54 Å². The van der Waals surface area contributed by atoms with E-state index in [0.717, 1.165) is 0 Å². The molecule has 1 heterocycles. The third kappa shape index (κ3) is 4.00.